The highest BCUT2D eigenvalue weighted by Crippen LogP contribution is 2.36. The van der Waals surface area contributed by atoms with Crippen molar-refractivity contribution in [3.8, 4) is 5.75 Å². The van der Waals surface area contributed by atoms with Gasteiger partial charge in [-0.3, -0.25) is 4.79 Å². The van der Waals surface area contributed by atoms with E-state index in [9.17, 15) is 18.0 Å². The van der Waals surface area contributed by atoms with E-state index in [0.29, 0.717) is 18.2 Å². The molecule has 1 aliphatic heterocycles. The van der Waals surface area contributed by atoms with Gasteiger partial charge in [-0.1, -0.05) is 68.4 Å². The van der Waals surface area contributed by atoms with Gasteiger partial charge in [0.1, 0.15) is 12.4 Å². The number of piperidine rings is 1. The minimum atomic E-state index is -4.40. The molecule has 4 rings (SSSR count). The zero-order valence-electron chi connectivity index (χ0n) is 22.2. The van der Waals surface area contributed by atoms with Crippen LogP contribution in [0, 0.1) is 5.92 Å². The molecule has 1 aliphatic rings. The summed E-state index contributed by atoms with van der Waals surface area (Å²) in [6.45, 7) is 7.15. The molecule has 0 bridgehead atoms. The molecule has 3 aromatic rings. The number of hydrogen-bond donors (Lipinski definition) is 0. The van der Waals surface area contributed by atoms with Crippen molar-refractivity contribution in [2.24, 2.45) is 5.92 Å². The fourth-order valence-corrected chi connectivity index (χ4v) is 5.40. The van der Waals surface area contributed by atoms with Crippen LogP contribution in [0.15, 0.2) is 78.9 Å². The third kappa shape index (κ3) is 6.77. The molecule has 0 spiro atoms. The highest BCUT2D eigenvalue weighted by molar-refractivity contribution is 5.84. The summed E-state index contributed by atoms with van der Waals surface area (Å²) in [5, 5.41) is 0. The second kappa shape index (κ2) is 12.1. The van der Waals surface area contributed by atoms with E-state index in [1.165, 1.54) is 17.7 Å². The number of carbonyl (C=O) groups excluding carboxylic acids is 1. The number of alkyl halides is 3. The number of amides is 1. The van der Waals surface area contributed by atoms with Gasteiger partial charge in [0.2, 0.25) is 5.91 Å². The number of hydrogen-bond acceptors (Lipinski definition) is 2. The second-order valence-corrected chi connectivity index (χ2v) is 10.7. The molecule has 3 unspecified atom stereocenters. The molecule has 3 aromatic carbocycles. The molecule has 0 saturated carbocycles. The molecule has 1 heterocycles. The Morgan fingerprint density at radius 1 is 0.974 bits per heavy atom. The van der Waals surface area contributed by atoms with Crippen LogP contribution in [0.25, 0.3) is 0 Å². The molecule has 202 valence electrons. The Hall–Kier alpha value is -3.28. The van der Waals surface area contributed by atoms with E-state index >= 15 is 0 Å². The van der Waals surface area contributed by atoms with Crippen LogP contribution in [0.5, 0.6) is 5.75 Å². The third-order valence-electron chi connectivity index (χ3n) is 7.36. The van der Waals surface area contributed by atoms with Crippen molar-refractivity contribution in [1.82, 2.24) is 4.90 Å². The van der Waals surface area contributed by atoms with Gasteiger partial charge in [0, 0.05) is 12.5 Å². The summed E-state index contributed by atoms with van der Waals surface area (Å²) in [4.78, 5) is 15.9. The Bertz CT molecular complexity index is 1190. The molecule has 0 radical (unpaired) electrons. The van der Waals surface area contributed by atoms with Gasteiger partial charge < -0.3 is 9.64 Å². The quantitative estimate of drug-likeness (QED) is 0.301. The molecule has 1 fully saturated rings. The SMILES string of the molecule is CC(C)Cc1cccc(C(C)C(=O)N2CCCC(c3ccccc3)C2COc2ccc(C(F)(F)F)cc2)c1. The van der Waals surface area contributed by atoms with Gasteiger partial charge in [-0.25, -0.2) is 0 Å². The molecular weight excluding hydrogens is 487 g/mol. The van der Waals surface area contributed by atoms with Crippen molar-refractivity contribution in [2.45, 2.75) is 64.1 Å². The van der Waals surface area contributed by atoms with Gasteiger partial charge in [-0.2, -0.15) is 13.2 Å². The fourth-order valence-electron chi connectivity index (χ4n) is 5.40. The maximum absolute atomic E-state index is 13.9. The highest BCUT2D eigenvalue weighted by atomic mass is 19.4. The molecule has 0 aromatic heterocycles. The summed E-state index contributed by atoms with van der Waals surface area (Å²) in [5.41, 5.74) is 2.64. The smallest absolute Gasteiger partial charge is 0.416 e. The molecule has 0 N–H and O–H groups in total. The minimum Gasteiger partial charge on any atom is -0.491 e. The van der Waals surface area contributed by atoms with Crippen molar-refractivity contribution in [3.05, 3.63) is 101 Å². The van der Waals surface area contributed by atoms with Gasteiger partial charge in [-0.15, -0.1) is 0 Å². The first-order valence-corrected chi connectivity index (χ1v) is 13.4. The normalized spacial score (nSPS) is 18.9. The van der Waals surface area contributed by atoms with Gasteiger partial charge in [-0.05, 0) is 73.1 Å². The first kappa shape index (κ1) is 27.7. The summed E-state index contributed by atoms with van der Waals surface area (Å²) < 4.78 is 45.0. The Morgan fingerprint density at radius 3 is 2.34 bits per heavy atom. The maximum atomic E-state index is 13.9. The van der Waals surface area contributed by atoms with Crippen LogP contribution in [0.1, 0.15) is 67.7 Å². The number of rotatable bonds is 8. The largest absolute Gasteiger partial charge is 0.491 e. The van der Waals surface area contributed by atoms with E-state index in [1.54, 1.807) is 0 Å². The zero-order valence-corrected chi connectivity index (χ0v) is 22.2. The lowest BCUT2D eigenvalue weighted by molar-refractivity contribution is -0.138. The van der Waals surface area contributed by atoms with Crippen LogP contribution in [-0.4, -0.2) is 30.0 Å². The number of likely N-dealkylation sites (tertiary alicyclic amines) is 1. The molecular formula is C32H36F3NO2. The van der Waals surface area contributed by atoms with Crippen LogP contribution in [0.4, 0.5) is 13.2 Å². The Morgan fingerprint density at radius 2 is 1.68 bits per heavy atom. The summed E-state index contributed by atoms with van der Waals surface area (Å²) in [5.74, 6) is 0.690. The monoisotopic (exact) mass is 523 g/mol. The summed E-state index contributed by atoms with van der Waals surface area (Å²) >= 11 is 0. The molecule has 1 saturated heterocycles. The average molecular weight is 524 g/mol. The standard InChI is InChI=1S/C32H36F3NO2/c1-22(2)19-24-9-7-12-26(20-24)23(3)31(37)36-18-8-13-29(25-10-5-4-6-11-25)30(36)21-38-28-16-14-27(15-17-28)32(33,34)35/h4-7,9-12,14-17,20,22-23,29-30H,8,13,18-19,21H2,1-3H3. The van der Waals surface area contributed by atoms with Crippen molar-refractivity contribution in [1.29, 1.82) is 0 Å². The van der Waals surface area contributed by atoms with E-state index in [4.69, 9.17) is 4.74 Å². The fraction of sp³-hybridized carbons (Fsp3) is 0.406. The molecule has 38 heavy (non-hydrogen) atoms. The summed E-state index contributed by atoms with van der Waals surface area (Å²) in [6, 6.07) is 22.9. The maximum Gasteiger partial charge on any atom is 0.416 e. The Kier molecular flexibility index (Phi) is 8.80. The van der Waals surface area contributed by atoms with Gasteiger partial charge in [0.25, 0.3) is 0 Å². The third-order valence-corrected chi connectivity index (χ3v) is 7.36. The lowest BCUT2D eigenvalue weighted by atomic mass is 9.82. The summed E-state index contributed by atoms with van der Waals surface area (Å²) in [6.07, 6.45) is -1.65. The predicted octanol–water partition coefficient (Wildman–Crippen LogP) is 7.86. The van der Waals surface area contributed by atoms with Gasteiger partial charge in [0.15, 0.2) is 0 Å². The van der Waals surface area contributed by atoms with Crippen LogP contribution >= 0.6 is 0 Å². The summed E-state index contributed by atoms with van der Waals surface area (Å²) in [7, 11) is 0. The number of carbonyl (C=O) groups is 1. The average Bonchev–Trinajstić information content (AvgIpc) is 2.91. The zero-order chi connectivity index (χ0) is 27.3. The van der Waals surface area contributed by atoms with Crippen LogP contribution in [0.3, 0.4) is 0 Å². The predicted molar refractivity (Wildman–Crippen MR) is 144 cm³/mol. The van der Waals surface area contributed by atoms with Gasteiger partial charge >= 0.3 is 6.18 Å². The van der Waals surface area contributed by atoms with E-state index < -0.39 is 11.7 Å². The first-order valence-electron chi connectivity index (χ1n) is 13.4. The number of ether oxygens (including phenoxy) is 1. The molecule has 3 atom stereocenters. The minimum absolute atomic E-state index is 0.0494. The van der Waals surface area contributed by atoms with E-state index in [2.05, 4.69) is 38.1 Å². The van der Waals surface area contributed by atoms with E-state index in [1.807, 2.05) is 42.2 Å². The molecule has 6 heteroatoms. The van der Waals surface area contributed by atoms with Crippen molar-refractivity contribution >= 4 is 5.91 Å². The first-order chi connectivity index (χ1) is 18.1. The Labute approximate surface area is 223 Å². The lowest BCUT2D eigenvalue weighted by Crippen LogP contribution is -2.51. The lowest BCUT2D eigenvalue weighted by Gasteiger charge is -2.42. The Balaban J connectivity index is 1.57. The highest BCUT2D eigenvalue weighted by Gasteiger charge is 2.37. The molecule has 0 aliphatic carbocycles. The number of halogens is 3. The van der Waals surface area contributed by atoms with Crippen LogP contribution in [0.2, 0.25) is 0 Å². The molecule has 1 amide bonds. The van der Waals surface area contributed by atoms with Gasteiger partial charge in [0.05, 0.1) is 17.5 Å². The van der Waals surface area contributed by atoms with Crippen molar-refractivity contribution in [2.75, 3.05) is 13.2 Å². The van der Waals surface area contributed by atoms with Crippen LogP contribution in [-0.2, 0) is 17.4 Å². The second-order valence-electron chi connectivity index (χ2n) is 10.7. The van der Waals surface area contributed by atoms with E-state index in [-0.39, 0.29) is 30.4 Å². The van der Waals surface area contributed by atoms with E-state index in [0.717, 1.165) is 42.5 Å². The number of nitrogens with zero attached hydrogens (tertiary/aromatic N) is 1. The molecule has 3 nitrogen and oxygen atoms in total. The number of benzene rings is 3. The van der Waals surface area contributed by atoms with Crippen molar-refractivity contribution < 1.29 is 22.7 Å². The van der Waals surface area contributed by atoms with Crippen molar-refractivity contribution in [3.63, 3.8) is 0 Å². The van der Waals surface area contributed by atoms with Crippen LogP contribution < -0.4 is 4.74 Å². The topological polar surface area (TPSA) is 29.5 Å².